The van der Waals surface area contributed by atoms with Crippen LogP contribution in [0.4, 0.5) is 0 Å². The van der Waals surface area contributed by atoms with Gasteiger partial charge in [0.2, 0.25) is 0 Å². The Morgan fingerprint density at radius 1 is 1.38 bits per heavy atom. The Morgan fingerprint density at radius 3 is 2.62 bits per heavy atom. The molecule has 1 aromatic rings. The Bertz CT molecular complexity index is 370. The molecule has 2 nitrogen and oxygen atoms in total. The molecule has 2 rings (SSSR count). The maximum atomic E-state index is 12.0. The van der Waals surface area contributed by atoms with E-state index >= 15 is 0 Å². The molecule has 1 unspecified atom stereocenters. The average Bonchev–Trinajstić information content (AvgIpc) is 2.59. The van der Waals surface area contributed by atoms with E-state index in [-0.39, 0.29) is 11.3 Å². The van der Waals surface area contributed by atoms with E-state index in [1.54, 1.807) is 0 Å². The first-order valence-corrected chi connectivity index (χ1v) is 5.93. The van der Waals surface area contributed by atoms with Crippen LogP contribution in [0.15, 0.2) is 30.3 Å². The molecule has 1 fully saturated rings. The molecule has 0 radical (unpaired) electrons. The number of carbonyl (C=O) groups is 1. The Balaban J connectivity index is 1.94. The number of Topliss-reactive ketones (excluding diaryl/α,β-unsaturated/α-hetero) is 1. The summed E-state index contributed by atoms with van der Waals surface area (Å²) >= 11 is 0. The summed E-state index contributed by atoms with van der Waals surface area (Å²) in [7, 11) is 0. The van der Waals surface area contributed by atoms with Crippen molar-refractivity contribution in [3.05, 3.63) is 35.9 Å². The van der Waals surface area contributed by atoms with E-state index in [1.165, 1.54) is 0 Å². The standard InChI is InChI=1S/C14H19NO/c1-14(2)9-8-12(15-14)10-13(16)11-6-4-3-5-7-11/h3-7,12,15H,8-10H2,1-2H3. The second kappa shape index (κ2) is 4.38. The zero-order valence-corrected chi connectivity index (χ0v) is 9.99. The van der Waals surface area contributed by atoms with Gasteiger partial charge in [0.15, 0.2) is 5.78 Å². The molecule has 0 spiro atoms. The maximum absolute atomic E-state index is 12.0. The van der Waals surface area contributed by atoms with Crippen molar-refractivity contribution < 1.29 is 4.79 Å². The van der Waals surface area contributed by atoms with E-state index < -0.39 is 0 Å². The van der Waals surface area contributed by atoms with Gasteiger partial charge >= 0.3 is 0 Å². The third-order valence-corrected chi connectivity index (χ3v) is 3.24. The summed E-state index contributed by atoms with van der Waals surface area (Å²) in [5, 5.41) is 3.51. The largest absolute Gasteiger partial charge is 0.309 e. The van der Waals surface area contributed by atoms with Crippen molar-refractivity contribution in [2.75, 3.05) is 0 Å². The Hall–Kier alpha value is -1.15. The maximum Gasteiger partial charge on any atom is 0.164 e. The van der Waals surface area contributed by atoms with Gasteiger partial charge in [-0.15, -0.1) is 0 Å². The molecule has 2 heteroatoms. The molecule has 16 heavy (non-hydrogen) atoms. The van der Waals surface area contributed by atoms with Gasteiger partial charge in [-0.2, -0.15) is 0 Å². The van der Waals surface area contributed by atoms with Crippen LogP contribution in [-0.4, -0.2) is 17.4 Å². The normalized spacial score (nSPS) is 23.2. The molecule has 1 atom stereocenters. The van der Waals surface area contributed by atoms with Gasteiger partial charge in [0.1, 0.15) is 0 Å². The number of ketones is 1. The number of hydrogen-bond donors (Lipinski definition) is 1. The highest BCUT2D eigenvalue weighted by Gasteiger charge is 2.30. The van der Waals surface area contributed by atoms with Crippen molar-refractivity contribution >= 4 is 5.78 Å². The summed E-state index contributed by atoms with van der Waals surface area (Å²) in [4.78, 5) is 12.0. The van der Waals surface area contributed by atoms with Crippen LogP contribution in [0.2, 0.25) is 0 Å². The van der Waals surface area contributed by atoms with Gasteiger partial charge in [-0.05, 0) is 26.7 Å². The minimum Gasteiger partial charge on any atom is -0.309 e. The summed E-state index contributed by atoms with van der Waals surface area (Å²) in [5.74, 6) is 0.246. The van der Waals surface area contributed by atoms with Crippen LogP contribution >= 0.6 is 0 Å². The molecule has 0 bridgehead atoms. The first-order valence-electron chi connectivity index (χ1n) is 5.93. The summed E-state index contributed by atoms with van der Waals surface area (Å²) < 4.78 is 0. The quantitative estimate of drug-likeness (QED) is 0.789. The Kier molecular flexibility index (Phi) is 3.10. The molecule has 1 heterocycles. The lowest BCUT2D eigenvalue weighted by Crippen LogP contribution is -2.38. The monoisotopic (exact) mass is 217 g/mol. The highest BCUT2D eigenvalue weighted by atomic mass is 16.1. The van der Waals surface area contributed by atoms with Gasteiger partial charge < -0.3 is 5.32 Å². The Labute approximate surface area is 97.1 Å². The lowest BCUT2D eigenvalue weighted by molar-refractivity contribution is 0.0970. The van der Waals surface area contributed by atoms with E-state index in [1.807, 2.05) is 30.3 Å². The third-order valence-electron chi connectivity index (χ3n) is 3.24. The van der Waals surface area contributed by atoms with Crippen molar-refractivity contribution in [3.63, 3.8) is 0 Å². The number of carbonyl (C=O) groups excluding carboxylic acids is 1. The lowest BCUT2D eigenvalue weighted by atomic mass is 10.0. The second-order valence-electron chi connectivity index (χ2n) is 5.26. The van der Waals surface area contributed by atoms with E-state index in [0.29, 0.717) is 12.5 Å². The predicted octanol–water partition coefficient (Wildman–Crippen LogP) is 2.79. The summed E-state index contributed by atoms with van der Waals surface area (Å²) in [6.07, 6.45) is 2.87. The average molecular weight is 217 g/mol. The van der Waals surface area contributed by atoms with E-state index in [2.05, 4.69) is 19.2 Å². The van der Waals surface area contributed by atoms with Crippen LogP contribution < -0.4 is 5.32 Å². The summed E-state index contributed by atoms with van der Waals surface area (Å²) in [6, 6.07) is 9.90. The molecule has 1 N–H and O–H groups in total. The number of hydrogen-bond acceptors (Lipinski definition) is 2. The number of nitrogens with one attached hydrogen (secondary N) is 1. The molecule has 86 valence electrons. The zero-order chi connectivity index (χ0) is 11.6. The van der Waals surface area contributed by atoms with Crippen LogP contribution in [0.1, 0.15) is 43.5 Å². The minimum absolute atomic E-state index is 0.196. The van der Waals surface area contributed by atoms with Gasteiger partial charge in [-0.3, -0.25) is 4.79 Å². The molecule has 0 saturated carbocycles. The fourth-order valence-corrected chi connectivity index (χ4v) is 2.35. The number of rotatable bonds is 3. The second-order valence-corrected chi connectivity index (χ2v) is 5.26. The predicted molar refractivity (Wildman–Crippen MR) is 65.6 cm³/mol. The van der Waals surface area contributed by atoms with Crippen LogP contribution in [0.25, 0.3) is 0 Å². The molecule has 1 aliphatic rings. The fraction of sp³-hybridized carbons (Fsp3) is 0.500. The van der Waals surface area contributed by atoms with Gasteiger partial charge in [0.25, 0.3) is 0 Å². The van der Waals surface area contributed by atoms with Crippen LogP contribution in [0, 0.1) is 0 Å². The number of benzene rings is 1. The van der Waals surface area contributed by atoms with Crippen molar-refractivity contribution in [1.29, 1.82) is 0 Å². The smallest absolute Gasteiger partial charge is 0.164 e. The van der Waals surface area contributed by atoms with Crippen LogP contribution in [0.3, 0.4) is 0 Å². The highest BCUT2D eigenvalue weighted by Crippen LogP contribution is 2.24. The zero-order valence-electron chi connectivity index (χ0n) is 9.99. The molecule has 0 amide bonds. The van der Waals surface area contributed by atoms with Gasteiger partial charge in [-0.1, -0.05) is 30.3 Å². The van der Waals surface area contributed by atoms with E-state index in [9.17, 15) is 4.79 Å². The van der Waals surface area contributed by atoms with Gasteiger partial charge in [0.05, 0.1) is 0 Å². The first-order chi connectivity index (χ1) is 7.57. The molecular formula is C14H19NO. The van der Waals surface area contributed by atoms with E-state index in [4.69, 9.17) is 0 Å². The van der Waals surface area contributed by atoms with Gasteiger partial charge in [0, 0.05) is 23.6 Å². The molecule has 0 aliphatic carbocycles. The lowest BCUT2D eigenvalue weighted by Gasteiger charge is -2.19. The summed E-state index contributed by atoms with van der Waals surface area (Å²) in [6.45, 7) is 4.39. The SMILES string of the molecule is CC1(C)CCC(CC(=O)c2ccccc2)N1. The third kappa shape index (κ3) is 2.70. The summed E-state index contributed by atoms with van der Waals surface area (Å²) in [5.41, 5.74) is 1.02. The first kappa shape index (κ1) is 11.3. The topological polar surface area (TPSA) is 29.1 Å². The van der Waals surface area contributed by atoms with E-state index in [0.717, 1.165) is 18.4 Å². The van der Waals surface area contributed by atoms with Crippen molar-refractivity contribution in [3.8, 4) is 0 Å². The highest BCUT2D eigenvalue weighted by molar-refractivity contribution is 5.96. The molecule has 0 aromatic heterocycles. The minimum atomic E-state index is 0.196. The molecule has 1 aromatic carbocycles. The van der Waals surface area contributed by atoms with Crippen LogP contribution in [-0.2, 0) is 0 Å². The van der Waals surface area contributed by atoms with Crippen LogP contribution in [0.5, 0.6) is 0 Å². The van der Waals surface area contributed by atoms with Crippen molar-refractivity contribution in [2.24, 2.45) is 0 Å². The fourth-order valence-electron chi connectivity index (χ4n) is 2.35. The van der Waals surface area contributed by atoms with Crippen molar-refractivity contribution in [2.45, 2.75) is 44.7 Å². The Morgan fingerprint density at radius 2 is 2.06 bits per heavy atom. The molecule has 1 aliphatic heterocycles. The van der Waals surface area contributed by atoms with Crippen molar-refractivity contribution in [1.82, 2.24) is 5.32 Å². The molecular weight excluding hydrogens is 198 g/mol. The van der Waals surface area contributed by atoms with Gasteiger partial charge in [-0.25, -0.2) is 0 Å². The molecule has 1 saturated heterocycles.